The number of carbonyl (C=O) groups excluding carboxylic acids is 2. The summed E-state index contributed by atoms with van der Waals surface area (Å²) in [5.74, 6) is -3.85. The molecule has 42 heavy (non-hydrogen) atoms. The van der Waals surface area contributed by atoms with Gasteiger partial charge in [-0.15, -0.1) is 0 Å². The lowest BCUT2D eigenvalue weighted by Crippen LogP contribution is -2.47. The first-order valence-corrected chi connectivity index (χ1v) is 14.6. The summed E-state index contributed by atoms with van der Waals surface area (Å²) in [5, 5.41) is 16.8. The molecule has 228 valence electrons. The molecule has 0 saturated heterocycles. The Morgan fingerprint density at radius 3 is 2.33 bits per heavy atom. The van der Waals surface area contributed by atoms with E-state index in [1.54, 1.807) is 6.92 Å². The van der Waals surface area contributed by atoms with E-state index in [0.717, 1.165) is 37.5 Å². The van der Waals surface area contributed by atoms with Gasteiger partial charge in [0.25, 0.3) is 0 Å². The number of aliphatic hydroxyl groups excluding tert-OH is 1. The van der Waals surface area contributed by atoms with Crippen LogP contribution in [0.4, 0.5) is 18.9 Å². The fourth-order valence-electron chi connectivity index (χ4n) is 6.89. The number of ether oxygens (including phenoxy) is 3. The summed E-state index contributed by atoms with van der Waals surface area (Å²) < 4.78 is 59.9. The number of nitrogens with one attached hydrogen (secondary N) is 2. The third-order valence-corrected chi connectivity index (χ3v) is 8.95. The van der Waals surface area contributed by atoms with Gasteiger partial charge in [0.2, 0.25) is 5.91 Å². The van der Waals surface area contributed by atoms with Gasteiger partial charge in [-0.05, 0) is 81.9 Å². The highest BCUT2D eigenvalue weighted by atomic mass is 19.1. The SMILES string of the molecule is CCOC(=O)C1CCC(Oc2cc(C(O)N[C@@H]3[C@H]4CC[C@H](C4)[C@@H]3C(=O)Nc3c(F)cccc3F)c(OC)cc2F)CC1. The van der Waals surface area contributed by atoms with Crippen LogP contribution in [0.1, 0.15) is 63.7 Å². The summed E-state index contributed by atoms with van der Waals surface area (Å²) in [7, 11) is 1.36. The van der Waals surface area contributed by atoms with Crippen LogP contribution in [0.25, 0.3) is 0 Å². The molecule has 0 aliphatic heterocycles. The average molecular weight is 591 g/mol. The van der Waals surface area contributed by atoms with E-state index in [1.165, 1.54) is 19.2 Å². The van der Waals surface area contributed by atoms with Gasteiger partial charge in [0.1, 0.15) is 29.3 Å². The Morgan fingerprint density at radius 2 is 1.67 bits per heavy atom. The highest BCUT2D eigenvalue weighted by molar-refractivity contribution is 5.94. The zero-order valence-corrected chi connectivity index (χ0v) is 23.7. The molecule has 5 atom stereocenters. The van der Waals surface area contributed by atoms with E-state index in [2.05, 4.69) is 10.6 Å². The van der Waals surface area contributed by atoms with Crippen molar-refractivity contribution in [3.05, 3.63) is 53.3 Å². The van der Waals surface area contributed by atoms with Gasteiger partial charge in [0.15, 0.2) is 11.6 Å². The molecule has 2 aromatic carbocycles. The lowest BCUT2D eigenvalue weighted by Gasteiger charge is -2.33. The summed E-state index contributed by atoms with van der Waals surface area (Å²) in [4.78, 5) is 25.3. The topological polar surface area (TPSA) is 106 Å². The van der Waals surface area contributed by atoms with Gasteiger partial charge in [0, 0.05) is 17.7 Å². The molecule has 3 saturated carbocycles. The van der Waals surface area contributed by atoms with Crippen LogP contribution in [0.15, 0.2) is 30.3 Å². The normalized spacial score (nSPS) is 27.4. The van der Waals surface area contributed by atoms with Crippen molar-refractivity contribution in [3.8, 4) is 11.5 Å². The van der Waals surface area contributed by atoms with Gasteiger partial charge in [-0.25, -0.2) is 13.2 Å². The van der Waals surface area contributed by atoms with Crippen LogP contribution in [0, 0.1) is 41.1 Å². The highest BCUT2D eigenvalue weighted by Gasteiger charge is 2.51. The Bertz CT molecular complexity index is 1280. The monoisotopic (exact) mass is 590 g/mol. The highest BCUT2D eigenvalue weighted by Crippen LogP contribution is 2.50. The Morgan fingerprint density at radius 1 is 0.976 bits per heavy atom. The maximum Gasteiger partial charge on any atom is 0.308 e. The van der Waals surface area contributed by atoms with Gasteiger partial charge in [-0.2, -0.15) is 0 Å². The van der Waals surface area contributed by atoms with Gasteiger partial charge in [-0.1, -0.05) is 6.07 Å². The minimum absolute atomic E-state index is 0.00622. The van der Waals surface area contributed by atoms with E-state index in [-0.39, 0.29) is 46.9 Å². The number of methoxy groups -OCH3 is 1. The molecule has 0 spiro atoms. The number of aliphatic hydroxyl groups is 1. The fraction of sp³-hybridized carbons (Fsp3) is 0.548. The number of benzene rings is 2. The summed E-state index contributed by atoms with van der Waals surface area (Å²) >= 11 is 0. The number of esters is 1. The standard InChI is InChI=1S/C31H37F3N2O6/c1-3-41-31(39)16-9-11-19(12-10-16)42-25-14-20(24(40-2)15-23(25)34)29(37)35-27-18-8-7-17(13-18)26(27)30(38)36-28-21(32)5-4-6-22(28)33/h4-6,14-19,26-27,29,35,37H,3,7-13H2,1-2H3,(H,36,38)/t16?,17-,18+,19?,26+,27-,29?/m1/s1. The van der Waals surface area contributed by atoms with Crippen LogP contribution in [0.5, 0.6) is 11.5 Å². The number of hydrogen-bond acceptors (Lipinski definition) is 7. The molecule has 0 heterocycles. The first-order chi connectivity index (χ1) is 20.2. The average Bonchev–Trinajstić information content (AvgIpc) is 3.58. The molecule has 0 aromatic heterocycles. The van der Waals surface area contributed by atoms with Crippen LogP contribution in [0.3, 0.4) is 0 Å². The Kier molecular flexibility index (Phi) is 9.27. The minimum Gasteiger partial charge on any atom is -0.496 e. The first-order valence-electron chi connectivity index (χ1n) is 14.6. The maximum absolute atomic E-state index is 15.0. The third kappa shape index (κ3) is 6.22. The smallest absolute Gasteiger partial charge is 0.308 e. The van der Waals surface area contributed by atoms with Crippen LogP contribution >= 0.6 is 0 Å². The number of carbonyl (C=O) groups is 2. The lowest BCUT2D eigenvalue weighted by atomic mass is 9.83. The van der Waals surface area contributed by atoms with E-state index < -0.39 is 47.2 Å². The van der Waals surface area contributed by atoms with Crippen LogP contribution in [0.2, 0.25) is 0 Å². The number of anilines is 1. The molecular formula is C31H37F3N2O6. The molecule has 0 radical (unpaired) electrons. The van der Waals surface area contributed by atoms with E-state index in [0.29, 0.717) is 32.3 Å². The third-order valence-electron chi connectivity index (χ3n) is 8.95. The number of hydrogen-bond donors (Lipinski definition) is 3. The van der Waals surface area contributed by atoms with Crippen molar-refractivity contribution in [3.63, 3.8) is 0 Å². The second-order valence-corrected chi connectivity index (χ2v) is 11.4. The van der Waals surface area contributed by atoms with Crippen molar-refractivity contribution in [2.24, 2.45) is 23.7 Å². The van der Waals surface area contributed by atoms with E-state index in [9.17, 15) is 23.5 Å². The first kappa shape index (κ1) is 30.2. The zero-order chi connectivity index (χ0) is 30.0. The molecule has 3 aliphatic carbocycles. The van der Waals surface area contributed by atoms with E-state index in [1.807, 2.05) is 0 Å². The molecule has 3 N–H and O–H groups in total. The Labute approximate surface area is 242 Å². The van der Waals surface area contributed by atoms with Crippen molar-refractivity contribution in [2.75, 3.05) is 19.0 Å². The van der Waals surface area contributed by atoms with Gasteiger partial charge >= 0.3 is 5.97 Å². The van der Waals surface area contributed by atoms with Gasteiger partial charge in [0.05, 0.1) is 31.7 Å². The number of fused-ring (bicyclic) bond motifs is 2. The molecular weight excluding hydrogens is 553 g/mol. The summed E-state index contributed by atoms with van der Waals surface area (Å²) in [6, 6.07) is 5.43. The van der Waals surface area contributed by atoms with Crippen molar-refractivity contribution < 1.29 is 42.1 Å². The second-order valence-electron chi connectivity index (χ2n) is 11.4. The second kappa shape index (κ2) is 12.9. The molecule has 2 bridgehead atoms. The quantitative estimate of drug-likeness (QED) is 0.257. The summed E-state index contributed by atoms with van der Waals surface area (Å²) in [6.07, 6.45) is 2.98. The molecule has 3 fully saturated rings. The predicted octanol–water partition coefficient (Wildman–Crippen LogP) is 5.25. The van der Waals surface area contributed by atoms with Crippen molar-refractivity contribution >= 4 is 17.6 Å². The fourth-order valence-corrected chi connectivity index (χ4v) is 6.89. The molecule has 8 nitrogen and oxygen atoms in total. The molecule has 5 rings (SSSR count). The minimum atomic E-state index is -1.34. The van der Waals surface area contributed by atoms with Crippen LogP contribution in [-0.4, -0.2) is 42.8 Å². The van der Waals surface area contributed by atoms with Crippen LogP contribution in [-0.2, 0) is 14.3 Å². The number of para-hydroxylation sites is 1. The Hall–Kier alpha value is -3.31. The zero-order valence-electron chi connectivity index (χ0n) is 23.7. The summed E-state index contributed by atoms with van der Waals surface area (Å²) in [5.41, 5.74) is -0.265. The van der Waals surface area contributed by atoms with Crippen molar-refractivity contribution in [2.45, 2.75) is 70.2 Å². The van der Waals surface area contributed by atoms with E-state index in [4.69, 9.17) is 14.2 Å². The van der Waals surface area contributed by atoms with E-state index >= 15 is 4.39 Å². The summed E-state index contributed by atoms with van der Waals surface area (Å²) in [6.45, 7) is 2.09. The number of amides is 1. The number of halogens is 3. The maximum atomic E-state index is 15.0. The largest absolute Gasteiger partial charge is 0.496 e. The number of rotatable bonds is 10. The molecule has 2 aromatic rings. The predicted molar refractivity (Wildman–Crippen MR) is 147 cm³/mol. The lowest BCUT2D eigenvalue weighted by molar-refractivity contribution is -0.149. The molecule has 11 heteroatoms. The molecule has 1 unspecified atom stereocenters. The van der Waals surface area contributed by atoms with Crippen molar-refractivity contribution in [1.82, 2.24) is 5.32 Å². The van der Waals surface area contributed by atoms with Gasteiger partial charge in [-0.3, -0.25) is 14.9 Å². The van der Waals surface area contributed by atoms with Crippen LogP contribution < -0.4 is 20.1 Å². The van der Waals surface area contributed by atoms with Gasteiger partial charge < -0.3 is 24.6 Å². The molecule has 1 amide bonds. The molecule has 3 aliphatic rings. The van der Waals surface area contributed by atoms with Crippen molar-refractivity contribution in [1.29, 1.82) is 0 Å². The Balaban J connectivity index is 1.29.